The number of ether oxygens (including phenoxy) is 3. The average Bonchev–Trinajstić information content (AvgIpc) is 4.09. The minimum absolute atomic E-state index is 0.115. The number of alkyl carbamates (subject to hydrolysis) is 2. The van der Waals surface area contributed by atoms with E-state index in [9.17, 15) is 19.2 Å². The van der Waals surface area contributed by atoms with Crippen LogP contribution < -0.4 is 15.4 Å². The number of nitrogens with one attached hydrogen (secondary N) is 4. The summed E-state index contributed by atoms with van der Waals surface area (Å²) >= 11 is 0. The van der Waals surface area contributed by atoms with Crippen molar-refractivity contribution < 1.29 is 33.4 Å². The van der Waals surface area contributed by atoms with Gasteiger partial charge in [0.05, 0.1) is 61.3 Å². The third kappa shape index (κ3) is 7.47. The lowest BCUT2D eigenvalue weighted by molar-refractivity contribution is -0.136. The van der Waals surface area contributed by atoms with Crippen LogP contribution in [0.5, 0.6) is 5.75 Å². The Labute approximate surface area is 342 Å². The van der Waals surface area contributed by atoms with Crippen molar-refractivity contribution in [1.82, 2.24) is 44.9 Å². The Hall–Kier alpha value is -6.32. The molecule has 3 aromatic heterocycles. The highest BCUT2D eigenvalue weighted by Crippen LogP contribution is 2.42. The maximum atomic E-state index is 13.6. The molecule has 4 atom stereocenters. The van der Waals surface area contributed by atoms with Crippen LogP contribution in [0.2, 0.25) is 0 Å². The van der Waals surface area contributed by atoms with Gasteiger partial charge in [0.25, 0.3) is 0 Å². The maximum absolute atomic E-state index is 13.6. The molecule has 16 heteroatoms. The highest BCUT2D eigenvalue weighted by Gasteiger charge is 2.39. The summed E-state index contributed by atoms with van der Waals surface area (Å²) in [4.78, 5) is 71.3. The topological polar surface area (TPSA) is 189 Å². The predicted molar refractivity (Wildman–Crippen MR) is 219 cm³/mol. The first kappa shape index (κ1) is 39.5. The molecule has 59 heavy (non-hydrogen) atoms. The number of hydrogen-bond donors (Lipinski definition) is 4. The smallest absolute Gasteiger partial charge is 0.407 e. The first-order valence-electron chi connectivity index (χ1n) is 20.3. The Morgan fingerprint density at radius 3 is 1.80 bits per heavy atom. The molecule has 6 heterocycles. The van der Waals surface area contributed by atoms with Crippen molar-refractivity contribution in [3.05, 3.63) is 66.5 Å². The second-order valence-electron chi connectivity index (χ2n) is 16.2. The van der Waals surface area contributed by atoms with Crippen molar-refractivity contribution in [2.24, 2.45) is 11.8 Å². The molecule has 310 valence electrons. The molecule has 0 saturated carbocycles. The van der Waals surface area contributed by atoms with Gasteiger partial charge >= 0.3 is 12.2 Å². The van der Waals surface area contributed by atoms with Crippen LogP contribution in [0.1, 0.15) is 77.1 Å². The van der Waals surface area contributed by atoms with Gasteiger partial charge in [-0.05, 0) is 67.9 Å². The van der Waals surface area contributed by atoms with Gasteiger partial charge in [-0.3, -0.25) is 9.59 Å². The number of H-pyrrole nitrogens is 2. The number of benzene rings is 2. The highest BCUT2D eigenvalue weighted by atomic mass is 16.5. The monoisotopic (exact) mass is 805 g/mol. The predicted octanol–water partition coefficient (Wildman–Crippen LogP) is 6.53. The fourth-order valence-electron chi connectivity index (χ4n) is 8.65. The summed E-state index contributed by atoms with van der Waals surface area (Å²) in [5.41, 5.74) is 6.60. The molecule has 1 unspecified atom stereocenters. The van der Waals surface area contributed by atoms with Crippen LogP contribution in [0.4, 0.5) is 9.59 Å². The number of imidazole rings is 2. The number of fused-ring (bicyclic) bond motifs is 5. The number of likely N-dealkylation sites (tertiary alicyclic amines) is 2. The summed E-state index contributed by atoms with van der Waals surface area (Å²) in [5.74, 6) is 1.64. The molecule has 0 aliphatic carbocycles. The van der Waals surface area contributed by atoms with Crippen molar-refractivity contribution in [3.8, 4) is 39.5 Å². The zero-order chi connectivity index (χ0) is 41.5. The van der Waals surface area contributed by atoms with Crippen molar-refractivity contribution >= 4 is 34.9 Å². The molecule has 16 nitrogen and oxygen atoms in total. The van der Waals surface area contributed by atoms with Crippen LogP contribution in [0.25, 0.3) is 44.7 Å². The Morgan fingerprint density at radius 2 is 1.27 bits per heavy atom. The third-order valence-electron chi connectivity index (χ3n) is 11.8. The number of hydrogen-bond acceptors (Lipinski definition) is 9. The fourth-order valence-corrected chi connectivity index (χ4v) is 8.65. The summed E-state index contributed by atoms with van der Waals surface area (Å²) in [5, 5.41) is 6.46. The third-order valence-corrected chi connectivity index (χ3v) is 11.8. The van der Waals surface area contributed by atoms with E-state index in [1.54, 1.807) is 11.1 Å². The number of aromatic nitrogens is 5. The van der Waals surface area contributed by atoms with Crippen LogP contribution in [-0.4, -0.2) is 97.7 Å². The van der Waals surface area contributed by atoms with Crippen LogP contribution >= 0.6 is 0 Å². The van der Waals surface area contributed by atoms with E-state index in [2.05, 4.69) is 55.5 Å². The zero-order valence-electron chi connectivity index (χ0n) is 34.2. The summed E-state index contributed by atoms with van der Waals surface area (Å²) in [6, 6.07) is 12.7. The first-order chi connectivity index (χ1) is 28.4. The first-order valence-corrected chi connectivity index (χ1v) is 20.3. The van der Waals surface area contributed by atoms with Crippen LogP contribution in [0.15, 0.2) is 54.9 Å². The van der Waals surface area contributed by atoms with Crippen molar-refractivity contribution in [2.75, 3.05) is 27.3 Å². The Kier molecular flexibility index (Phi) is 10.8. The number of aromatic amines is 2. The number of amides is 4. The van der Waals surface area contributed by atoms with E-state index in [1.165, 1.54) is 14.2 Å². The minimum atomic E-state index is -0.703. The van der Waals surface area contributed by atoms with Gasteiger partial charge in [-0.1, -0.05) is 39.8 Å². The summed E-state index contributed by atoms with van der Waals surface area (Å²) in [6.45, 7) is 9.11. The SMILES string of the molecule is COC(=O)NC(C(=O)N1CCC[C@@H]1c1ncc(-c2ccc3c(c2)cc2n3COc3cc(-c4cnc([C@H]5CCCN5C(=O)[C@@H](NC(=O)OC)C(C)C)[nH]4)ccc3-2)[nH]1)C(C)C. The van der Waals surface area contributed by atoms with E-state index in [0.717, 1.165) is 76.1 Å². The molecule has 0 spiro atoms. The molecule has 3 aliphatic rings. The van der Waals surface area contributed by atoms with E-state index in [-0.39, 0.29) is 35.7 Å². The van der Waals surface area contributed by atoms with E-state index in [0.29, 0.717) is 31.5 Å². The molecular formula is C43H51N9O7. The number of carbonyl (C=O) groups is 4. The Bertz CT molecular complexity index is 2400. The van der Waals surface area contributed by atoms with Gasteiger partial charge in [0.15, 0.2) is 6.73 Å². The number of methoxy groups -OCH3 is 2. The maximum Gasteiger partial charge on any atom is 0.407 e. The second kappa shape index (κ2) is 16.1. The van der Waals surface area contributed by atoms with Gasteiger partial charge in [-0.2, -0.15) is 0 Å². The lowest BCUT2D eigenvalue weighted by atomic mass is 10.0. The van der Waals surface area contributed by atoms with E-state index in [1.807, 2.05) is 50.9 Å². The quantitative estimate of drug-likeness (QED) is 0.122. The molecule has 2 aromatic carbocycles. The summed E-state index contributed by atoms with van der Waals surface area (Å²) < 4.78 is 18.0. The summed E-state index contributed by atoms with van der Waals surface area (Å²) in [6.07, 6.45) is 5.55. The normalized spacial score (nSPS) is 18.4. The lowest BCUT2D eigenvalue weighted by Gasteiger charge is -2.30. The van der Waals surface area contributed by atoms with Gasteiger partial charge < -0.3 is 49.2 Å². The minimum Gasteiger partial charge on any atom is -0.472 e. The molecule has 3 aliphatic heterocycles. The second-order valence-corrected chi connectivity index (χ2v) is 16.2. The molecule has 4 amide bonds. The molecule has 2 fully saturated rings. The number of carbonyl (C=O) groups excluding carboxylic acids is 4. The fraction of sp³-hybridized carbons (Fsp3) is 0.442. The van der Waals surface area contributed by atoms with Crippen LogP contribution in [0.3, 0.4) is 0 Å². The van der Waals surface area contributed by atoms with Crippen LogP contribution in [0, 0.1) is 11.8 Å². The Balaban J connectivity index is 0.993. The molecule has 4 N–H and O–H groups in total. The van der Waals surface area contributed by atoms with Gasteiger partial charge in [0.2, 0.25) is 11.8 Å². The number of rotatable bonds is 10. The van der Waals surface area contributed by atoms with E-state index < -0.39 is 24.3 Å². The standard InChI is InChI=1S/C43H51N9O7/c1-23(2)36(48-42(55)57-5)40(53)50-15-7-9-32(50)38-44-20-29(46-38)25-12-14-31-27(17-25)18-34-28-13-11-26(19-35(28)59-22-52(31)34)30-21-45-39(47-30)33-10-8-16-51(33)41(54)37(24(3)4)49-43(56)58-6/h11-14,17-21,23-24,32-33,36-37H,7-10,15-16,22H2,1-6H3,(H,44,46)(H,45,47)(H,48,55)(H,49,56)/t32-,33-,36?,37+/m1/s1. The van der Waals surface area contributed by atoms with Crippen molar-refractivity contribution in [2.45, 2.75) is 84.3 Å². The highest BCUT2D eigenvalue weighted by molar-refractivity contribution is 5.92. The van der Waals surface area contributed by atoms with Crippen LogP contribution in [-0.2, 0) is 25.8 Å². The largest absolute Gasteiger partial charge is 0.472 e. The van der Waals surface area contributed by atoms with Gasteiger partial charge in [-0.15, -0.1) is 0 Å². The molecule has 2 saturated heterocycles. The average molecular weight is 806 g/mol. The van der Waals surface area contributed by atoms with E-state index in [4.69, 9.17) is 24.2 Å². The molecule has 0 radical (unpaired) electrons. The van der Waals surface area contributed by atoms with Gasteiger partial charge in [-0.25, -0.2) is 19.6 Å². The molecular weight excluding hydrogens is 755 g/mol. The van der Waals surface area contributed by atoms with Gasteiger partial charge in [0, 0.05) is 35.2 Å². The van der Waals surface area contributed by atoms with E-state index >= 15 is 0 Å². The van der Waals surface area contributed by atoms with Crippen molar-refractivity contribution in [1.29, 1.82) is 0 Å². The molecule has 0 bridgehead atoms. The Morgan fingerprint density at radius 1 is 0.746 bits per heavy atom. The summed E-state index contributed by atoms with van der Waals surface area (Å²) in [7, 11) is 2.58. The molecule has 8 rings (SSSR count). The number of nitrogens with zero attached hydrogens (tertiary/aromatic N) is 5. The van der Waals surface area contributed by atoms with Gasteiger partial charge in [0.1, 0.15) is 29.5 Å². The lowest BCUT2D eigenvalue weighted by Crippen LogP contribution is -2.51. The van der Waals surface area contributed by atoms with Crippen molar-refractivity contribution in [3.63, 3.8) is 0 Å². The molecule has 5 aromatic rings. The zero-order valence-corrected chi connectivity index (χ0v) is 34.2.